The van der Waals surface area contributed by atoms with Crippen LogP contribution in [0.15, 0.2) is 72.8 Å². The highest BCUT2D eigenvalue weighted by molar-refractivity contribution is 6.98. The van der Waals surface area contributed by atoms with Crippen molar-refractivity contribution >= 4 is 78.1 Å². The van der Waals surface area contributed by atoms with E-state index in [-0.39, 0.29) is 18.3 Å². The molecule has 8 rings (SSSR count). The summed E-state index contributed by atoms with van der Waals surface area (Å²) in [7, 11) is 2.12. The molecule has 0 bridgehead atoms. The Morgan fingerprint density at radius 2 is 0.978 bits per heavy atom. The summed E-state index contributed by atoms with van der Waals surface area (Å²) in [6.45, 7) is 13.7. The molecule has 2 aromatic heterocycles. The second-order valence-electron chi connectivity index (χ2n) is 14.1. The first-order chi connectivity index (χ1) is 22.0. The first-order valence-corrected chi connectivity index (χ1v) is 16.4. The van der Waals surface area contributed by atoms with Crippen LogP contribution in [0.2, 0.25) is 0 Å². The standard InChI is InChI=1S/C40H38BF2N3/c1-20(2)23-12-26(21(3)4)40(27(13-23)22(5)6)41-32-18-36-30(28-14-24(42)8-10-34(28)44-36)16-38(32)46(7)39-17-31-29-15-25(43)9-11-35(29)45-37(31)19-33(39)41/h8-22,44-45H,1-7H3. The molecule has 6 heteroatoms. The number of fused-ring (bicyclic) bond motifs is 8. The van der Waals surface area contributed by atoms with Crippen LogP contribution >= 0.6 is 0 Å². The quantitative estimate of drug-likeness (QED) is 0.192. The van der Waals surface area contributed by atoms with Gasteiger partial charge in [0.2, 0.25) is 6.71 Å². The summed E-state index contributed by atoms with van der Waals surface area (Å²) in [5, 5.41) is 3.76. The fraction of sp³-hybridized carbons (Fsp3) is 0.250. The molecule has 0 spiro atoms. The highest BCUT2D eigenvalue weighted by Gasteiger charge is 2.38. The Labute approximate surface area is 268 Å². The van der Waals surface area contributed by atoms with Crippen LogP contribution in [0.25, 0.3) is 43.6 Å². The summed E-state index contributed by atoms with van der Waals surface area (Å²) in [6.07, 6.45) is 0. The van der Waals surface area contributed by atoms with Crippen LogP contribution < -0.4 is 21.3 Å². The van der Waals surface area contributed by atoms with Crippen molar-refractivity contribution in [3.63, 3.8) is 0 Å². The molecule has 7 aromatic rings. The maximum absolute atomic E-state index is 14.5. The molecule has 1 aliphatic rings. The summed E-state index contributed by atoms with van der Waals surface area (Å²) < 4.78 is 29.0. The molecule has 3 nitrogen and oxygen atoms in total. The van der Waals surface area contributed by atoms with Crippen molar-refractivity contribution in [1.29, 1.82) is 0 Å². The van der Waals surface area contributed by atoms with Gasteiger partial charge in [-0.05, 0) is 106 Å². The molecule has 0 radical (unpaired) electrons. The van der Waals surface area contributed by atoms with Crippen LogP contribution in [0.4, 0.5) is 20.2 Å². The van der Waals surface area contributed by atoms with Crippen LogP contribution in [0, 0.1) is 11.6 Å². The van der Waals surface area contributed by atoms with Gasteiger partial charge in [0.15, 0.2) is 0 Å². The minimum atomic E-state index is -0.245. The first-order valence-electron chi connectivity index (χ1n) is 16.4. The average molecular weight is 610 g/mol. The topological polar surface area (TPSA) is 34.8 Å². The third-order valence-corrected chi connectivity index (χ3v) is 10.2. The third-order valence-electron chi connectivity index (χ3n) is 10.2. The van der Waals surface area contributed by atoms with Gasteiger partial charge in [-0.15, -0.1) is 0 Å². The van der Waals surface area contributed by atoms with Gasteiger partial charge in [-0.25, -0.2) is 8.78 Å². The number of nitrogens with zero attached hydrogens (tertiary/aromatic N) is 1. The van der Waals surface area contributed by atoms with E-state index in [9.17, 15) is 8.78 Å². The number of aromatic nitrogens is 2. The second-order valence-corrected chi connectivity index (χ2v) is 14.1. The number of nitrogens with one attached hydrogen (secondary N) is 2. The molecule has 0 atom stereocenters. The summed E-state index contributed by atoms with van der Waals surface area (Å²) in [5.41, 5.74) is 14.0. The molecule has 0 unspecified atom stereocenters. The number of hydrogen-bond acceptors (Lipinski definition) is 1. The summed E-state index contributed by atoms with van der Waals surface area (Å²) in [6, 6.07) is 23.8. The van der Waals surface area contributed by atoms with Crippen molar-refractivity contribution < 1.29 is 8.78 Å². The molecule has 0 amide bonds. The van der Waals surface area contributed by atoms with Gasteiger partial charge in [0.1, 0.15) is 11.6 Å². The van der Waals surface area contributed by atoms with Crippen molar-refractivity contribution in [3.05, 3.63) is 101 Å². The lowest BCUT2D eigenvalue weighted by Crippen LogP contribution is -2.59. The van der Waals surface area contributed by atoms with E-state index in [1.165, 1.54) is 45.2 Å². The fourth-order valence-corrected chi connectivity index (χ4v) is 7.85. The van der Waals surface area contributed by atoms with Gasteiger partial charge in [-0.3, -0.25) is 0 Å². The van der Waals surface area contributed by atoms with E-state index >= 15 is 0 Å². The normalized spacial score (nSPS) is 13.4. The zero-order valence-corrected chi connectivity index (χ0v) is 27.4. The predicted molar refractivity (Wildman–Crippen MR) is 193 cm³/mol. The zero-order valence-electron chi connectivity index (χ0n) is 27.4. The molecule has 0 saturated heterocycles. The monoisotopic (exact) mass is 609 g/mol. The van der Waals surface area contributed by atoms with Crippen molar-refractivity contribution in [2.24, 2.45) is 0 Å². The Bertz CT molecular complexity index is 2200. The van der Waals surface area contributed by atoms with Crippen LogP contribution in [-0.2, 0) is 0 Å². The maximum atomic E-state index is 14.5. The van der Waals surface area contributed by atoms with Crippen LogP contribution in [-0.4, -0.2) is 23.7 Å². The van der Waals surface area contributed by atoms with E-state index in [0.717, 1.165) is 55.0 Å². The summed E-state index contributed by atoms with van der Waals surface area (Å²) >= 11 is 0. The fourth-order valence-electron chi connectivity index (χ4n) is 7.85. The number of H-pyrrole nitrogens is 2. The number of anilines is 2. The molecule has 3 heterocycles. The van der Waals surface area contributed by atoms with Gasteiger partial charge in [0, 0.05) is 62.0 Å². The minimum absolute atomic E-state index is 0.0442. The van der Waals surface area contributed by atoms with E-state index in [4.69, 9.17) is 0 Å². The molecule has 46 heavy (non-hydrogen) atoms. The van der Waals surface area contributed by atoms with Crippen molar-refractivity contribution in [2.75, 3.05) is 11.9 Å². The Balaban J connectivity index is 1.51. The summed E-state index contributed by atoms with van der Waals surface area (Å²) in [5.74, 6) is 0.559. The first kappa shape index (κ1) is 28.9. The molecule has 0 fully saturated rings. The summed E-state index contributed by atoms with van der Waals surface area (Å²) in [4.78, 5) is 9.45. The highest BCUT2D eigenvalue weighted by atomic mass is 19.1. The lowest BCUT2D eigenvalue weighted by atomic mass is 9.33. The SMILES string of the molecule is CC(C)c1cc(C(C)C)c(B2c3cc4[nH]c5ccc(F)cc5c4cc3N(C)c3cc4c(cc32)[nH]c2ccc(F)cc24)c(C(C)C)c1. The van der Waals surface area contributed by atoms with E-state index < -0.39 is 0 Å². The highest BCUT2D eigenvalue weighted by Crippen LogP contribution is 2.38. The van der Waals surface area contributed by atoms with E-state index in [0.29, 0.717) is 17.8 Å². The van der Waals surface area contributed by atoms with E-state index in [2.05, 4.69) is 99.9 Å². The van der Waals surface area contributed by atoms with Gasteiger partial charge < -0.3 is 14.9 Å². The number of benzene rings is 5. The third kappa shape index (κ3) is 4.22. The Morgan fingerprint density at radius 1 is 0.543 bits per heavy atom. The van der Waals surface area contributed by atoms with E-state index in [1.807, 2.05) is 12.1 Å². The number of aromatic amines is 2. The van der Waals surface area contributed by atoms with Gasteiger partial charge >= 0.3 is 0 Å². The van der Waals surface area contributed by atoms with Gasteiger partial charge in [-0.2, -0.15) is 0 Å². The van der Waals surface area contributed by atoms with Crippen LogP contribution in [0.5, 0.6) is 0 Å². The Kier molecular flexibility index (Phi) is 6.41. The smallest absolute Gasteiger partial charge is 0.247 e. The van der Waals surface area contributed by atoms with Gasteiger partial charge in [-0.1, -0.05) is 59.1 Å². The molecule has 5 aromatic carbocycles. The molecule has 1 aliphatic heterocycles. The largest absolute Gasteiger partial charge is 0.355 e. The van der Waals surface area contributed by atoms with Crippen molar-refractivity contribution in [2.45, 2.75) is 59.3 Å². The van der Waals surface area contributed by atoms with Crippen LogP contribution in [0.1, 0.15) is 76.0 Å². The van der Waals surface area contributed by atoms with Crippen molar-refractivity contribution in [1.82, 2.24) is 9.97 Å². The second kappa shape index (κ2) is 10.2. The maximum Gasteiger partial charge on any atom is 0.247 e. The molecule has 0 aliphatic carbocycles. The van der Waals surface area contributed by atoms with Crippen molar-refractivity contribution in [3.8, 4) is 0 Å². The number of hydrogen-bond donors (Lipinski definition) is 2. The van der Waals surface area contributed by atoms with Gasteiger partial charge in [0.05, 0.1) is 0 Å². The van der Waals surface area contributed by atoms with Crippen LogP contribution in [0.3, 0.4) is 0 Å². The van der Waals surface area contributed by atoms with Gasteiger partial charge in [0.25, 0.3) is 0 Å². The molecular weight excluding hydrogens is 571 g/mol. The minimum Gasteiger partial charge on any atom is -0.355 e. The molecule has 0 saturated carbocycles. The zero-order chi connectivity index (χ0) is 32.2. The Hall–Kier alpha value is -4.58. The number of halogens is 2. The average Bonchev–Trinajstić information content (AvgIpc) is 3.55. The predicted octanol–water partition coefficient (Wildman–Crippen LogP) is 9.20. The number of rotatable bonds is 4. The Morgan fingerprint density at radius 3 is 1.39 bits per heavy atom. The molecular formula is C40H38BF2N3. The van der Waals surface area contributed by atoms with E-state index in [1.54, 1.807) is 12.1 Å². The molecule has 2 N–H and O–H groups in total. The molecule has 230 valence electrons. The lowest BCUT2D eigenvalue weighted by molar-refractivity contribution is 0.629. The lowest BCUT2D eigenvalue weighted by Gasteiger charge is -2.37.